The van der Waals surface area contributed by atoms with Crippen molar-refractivity contribution in [1.82, 2.24) is 4.90 Å². The third kappa shape index (κ3) is 4.24. The van der Waals surface area contributed by atoms with Crippen molar-refractivity contribution in [2.24, 2.45) is 16.8 Å². The molecule has 104 valence electrons. The fraction of sp³-hybridized carbons (Fsp3) is 0.385. The number of amides is 1. The van der Waals surface area contributed by atoms with Crippen LogP contribution in [0.25, 0.3) is 0 Å². The topological polar surface area (TPSA) is 78.9 Å². The maximum absolute atomic E-state index is 12.2. The van der Waals surface area contributed by atoms with E-state index in [9.17, 15) is 4.79 Å². The van der Waals surface area contributed by atoms with E-state index in [0.29, 0.717) is 13.0 Å². The molecule has 1 rings (SSSR count). The van der Waals surface area contributed by atoms with Crippen LogP contribution in [0.1, 0.15) is 18.9 Å². The average molecular weight is 328 g/mol. The Balaban J connectivity index is 2.74. The number of rotatable bonds is 5. The van der Waals surface area contributed by atoms with Crippen molar-refractivity contribution in [2.45, 2.75) is 19.9 Å². The quantitative estimate of drug-likeness (QED) is 0.376. The minimum absolute atomic E-state index is 0.0462. The molecule has 1 unspecified atom stereocenters. The van der Waals surface area contributed by atoms with E-state index in [2.05, 4.69) is 21.1 Å². The molecule has 1 atom stereocenters. The van der Waals surface area contributed by atoms with Crippen LogP contribution in [0.5, 0.6) is 0 Å². The number of nitrogens with two attached hydrogens (primary N) is 1. The highest BCUT2D eigenvalue weighted by atomic mass is 79.9. The number of amidine groups is 1. The Bertz CT molecular complexity index is 459. The van der Waals surface area contributed by atoms with Crippen molar-refractivity contribution in [3.63, 3.8) is 0 Å². The zero-order valence-electron chi connectivity index (χ0n) is 11.0. The third-order valence-electron chi connectivity index (χ3n) is 2.89. The first-order chi connectivity index (χ1) is 8.99. The number of hydrogen-bond donors (Lipinski definition) is 2. The number of benzene rings is 1. The first kappa shape index (κ1) is 15.5. The van der Waals surface area contributed by atoms with Gasteiger partial charge in [-0.3, -0.25) is 4.79 Å². The predicted octanol–water partition coefficient (Wildman–Crippen LogP) is 2.18. The molecule has 0 aliphatic heterocycles. The lowest BCUT2D eigenvalue weighted by atomic mass is 10.0. The first-order valence-corrected chi connectivity index (χ1v) is 6.75. The van der Waals surface area contributed by atoms with Gasteiger partial charge in [0.25, 0.3) is 0 Å². The zero-order chi connectivity index (χ0) is 14.4. The van der Waals surface area contributed by atoms with E-state index in [4.69, 9.17) is 10.9 Å². The highest BCUT2D eigenvalue weighted by Gasteiger charge is 2.24. The average Bonchev–Trinajstić information content (AvgIpc) is 2.41. The monoisotopic (exact) mass is 327 g/mol. The largest absolute Gasteiger partial charge is 0.409 e. The van der Waals surface area contributed by atoms with Crippen LogP contribution in [-0.2, 0) is 11.3 Å². The lowest BCUT2D eigenvalue weighted by Gasteiger charge is -2.22. The van der Waals surface area contributed by atoms with Gasteiger partial charge in [-0.1, -0.05) is 40.1 Å². The Morgan fingerprint density at radius 3 is 2.53 bits per heavy atom. The normalized spacial score (nSPS) is 13.1. The first-order valence-electron chi connectivity index (χ1n) is 5.96. The summed E-state index contributed by atoms with van der Waals surface area (Å²) in [5.74, 6) is -0.777. The minimum atomic E-state index is -0.578. The van der Waals surface area contributed by atoms with Gasteiger partial charge >= 0.3 is 0 Å². The lowest BCUT2D eigenvalue weighted by Crippen LogP contribution is -2.39. The second-order valence-electron chi connectivity index (χ2n) is 4.31. The van der Waals surface area contributed by atoms with Crippen LogP contribution < -0.4 is 5.73 Å². The summed E-state index contributed by atoms with van der Waals surface area (Å²) in [6.07, 6.45) is 0.499. The van der Waals surface area contributed by atoms with Crippen LogP contribution >= 0.6 is 15.9 Å². The molecule has 5 nitrogen and oxygen atoms in total. The number of nitrogens with zero attached hydrogens (tertiary/aromatic N) is 2. The number of hydrogen-bond acceptors (Lipinski definition) is 3. The van der Waals surface area contributed by atoms with Gasteiger partial charge in [0.1, 0.15) is 0 Å². The Morgan fingerprint density at radius 1 is 1.47 bits per heavy atom. The van der Waals surface area contributed by atoms with E-state index in [1.165, 1.54) is 0 Å². The number of oxime groups is 1. The summed E-state index contributed by atoms with van der Waals surface area (Å²) in [5.41, 5.74) is 6.55. The standard InChI is InChI=1S/C13H18BrN3O2/c1-3-11(12(15)16-19)13(18)17(2)8-9-4-6-10(14)7-5-9/h4-7,11,19H,3,8H2,1-2H3,(H2,15,16). The van der Waals surface area contributed by atoms with Gasteiger partial charge in [-0.15, -0.1) is 0 Å². The molecule has 19 heavy (non-hydrogen) atoms. The molecular formula is C13H18BrN3O2. The lowest BCUT2D eigenvalue weighted by molar-refractivity contribution is -0.132. The van der Waals surface area contributed by atoms with Crippen molar-refractivity contribution in [1.29, 1.82) is 0 Å². The molecule has 6 heteroatoms. The zero-order valence-corrected chi connectivity index (χ0v) is 12.6. The van der Waals surface area contributed by atoms with Gasteiger partial charge < -0.3 is 15.8 Å². The molecule has 0 radical (unpaired) electrons. The third-order valence-corrected chi connectivity index (χ3v) is 3.42. The Morgan fingerprint density at radius 2 is 2.05 bits per heavy atom. The fourth-order valence-electron chi connectivity index (χ4n) is 1.79. The van der Waals surface area contributed by atoms with Crippen LogP contribution in [0.2, 0.25) is 0 Å². The Kier molecular flexibility index (Phi) is 5.82. The molecule has 0 aliphatic rings. The second kappa shape index (κ2) is 7.13. The van der Waals surface area contributed by atoms with Crippen molar-refractivity contribution in [3.8, 4) is 0 Å². The minimum Gasteiger partial charge on any atom is -0.409 e. The van der Waals surface area contributed by atoms with Gasteiger partial charge in [-0.05, 0) is 24.1 Å². The summed E-state index contributed by atoms with van der Waals surface area (Å²) in [5, 5.41) is 11.6. The van der Waals surface area contributed by atoms with Crippen LogP contribution in [0.4, 0.5) is 0 Å². The van der Waals surface area contributed by atoms with E-state index >= 15 is 0 Å². The van der Waals surface area contributed by atoms with Crippen LogP contribution in [-0.4, -0.2) is 28.9 Å². The molecule has 0 spiro atoms. The van der Waals surface area contributed by atoms with Crippen molar-refractivity contribution >= 4 is 27.7 Å². The van der Waals surface area contributed by atoms with Gasteiger partial charge in [0.15, 0.2) is 5.84 Å². The molecule has 0 fully saturated rings. The number of carbonyl (C=O) groups excluding carboxylic acids is 1. The summed E-state index contributed by atoms with van der Waals surface area (Å²) in [6, 6.07) is 7.74. The molecule has 1 aromatic rings. The van der Waals surface area contributed by atoms with E-state index in [1.54, 1.807) is 11.9 Å². The van der Waals surface area contributed by atoms with Gasteiger partial charge in [0, 0.05) is 18.1 Å². The van der Waals surface area contributed by atoms with Gasteiger partial charge in [0.2, 0.25) is 5.91 Å². The van der Waals surface area contributed by atoms with Crippen molar-refractivity contribution in [2.75, 3.05) is 7.05 Å². The highest BCUT2D eigenvalue weighted by molar-refractivity contribution is 9.10. The molecule has 0 aromatic heterocycles. The molecular weight excluding hydrogens is 310 g/mol. The van der Waals surface area contributed by atoms with Crippen LogP contribution in [0.15, 0.2) is 33.9 Å². The molecule has 3 N–H and O–H groups in total. The summed E-state index contributed by atoms with van der Waals surface area (Å²) in [7, 11) is 1.71. The van der Waals surface area contributed by atoms with E-state index in [-0.39, 0.29) is 11.7 Å². The van der Waals surface area contributed by atoms with Crippen molar-refractivity contribution in [3.05, 3.63) is 34.3 Å². The Hall–Kier alpha value is -1.56. The maximum atomic E-state index is 12.2. The molecule has 0 bridgehead atoms. The van der Waals surface area contributed by atoms with E-state index in [0.717, 1.165) is 10.0 Å². The summed E-state index contributed by atoms with van der Waals surface area (Å²) >= 11 is 3.36. The molecule has 0 heterocycles. The highest BCUT2D eigenvalue weighted by Crippen LogP contribution is 2.14. The second-order valence-corrected chi connectivity index (χ2v) is 5.22. The number of carbonyl (C=O) groups is 1. The predicted molar refractivity (Wildman–Crippen MR) is 77.8 cm³/mol. The van der Waals surface area contributed by atoms with Gasteiger partial charge in [-0.2, -0.15) is 0 Å². The smallest absolute Gasteiger partial charge is 0.233 e. The molecule has 0 saturated carbocycles. The van der Waals surface area contributed by atoms with E-state index < -0.39 is 5.92 Å². The van der Waals surface area contributed by atoms with Gasteiger partial charge in [-0.25, -0.2) is 0 Å². The maximum Gasteiger partial charge on any atom is 0.233 e. The molecule has 0 aliphatic carbocycles. The summed E-state index contributed by atoms with van der Waals surface area (Å²) in [4.78, 5) is 13.8. The van der Waals surface area contributed by atoms with Crippen LogP contribution in [0.3, 0.4) is 0 Å². The number of halogens is 1. The molecule has 1 aromatic carbocycles. The molecule has 1 amide bonds. The fourth-order valence-corrected chi connectivity index (χ4v) is 2.05. The SMILES string of the molecule is CCC(C(=O)N(C)Cc1ccc(Br)cc1)C(N)=NO. The van der Waals surface area contributed by atoms with Gasteiger partial charge in [0.05, 0.1) is 5.92 Å². The molecule has 0 saturated heterocycles. The van der Waals surface area contributed by atoms with E-state index in [1.807, 2.05) is 31.2 Å². The summed E-state index contributed by atoms with van der Waals surface area (Å²) in [6.45, 7) is 2.31. The van der Waals surface area contributed by atoms with Crippen LogP contribution in [0, 0.1) is 5.92 Å². The summed E-state index contributed by atoms with van der Waals surface area (Å²) < 4.78 is 0.994. The Labute approximate surface area is 121 Å². The van der Waals surface area contributed by atoms with Crippen molar-refractivity contribution < 1.29 is 10.0 Å².